The number of hydrogen-bond donors (Lipinski definition) is 0. The average molecular weight is 250 g/mol. The van der Waals surface area contributed by atoms with Crippen molar-refractivity contribution in [2.45, 2.75) is 38.5 Å². The highest BCUT2D eigenvalue weighted by Gasteiger charge is 2.25. The highest BCUT2D eigenvalue weighted by Crippen LogP contribution is 2.47. The molecule has 3 heteroatoms. The van der Waals surface area contributed by atoms with Crippen LogP contribution in [0.2, 0.25) is 0 Å². The van der Waals surface area contributed by atoms with Crippen molar-refractivity contribution >= 4 is 0 Å². The monoisotopic (exact) mass is 250 g/mol. The standard InChI is InChI=1S/C15H22O3/c1-10-7-5-6-8-11-9-12(16-2)14(17-3)15(18-4)13(10)11/h9-10H,5-8H2,1-4H3. The van der Waals surface area contributed by atoms with Crippen LogP contribution in [0, 0.1) is 0 Å². The molecule has 3 nitrogen and oxygen atoms in total. The lowest BCUT2D eigenvalue weighted by Crippen LogP contribution is -2.04. The maximum atomic E-state index is 5.60. The summed E-state index contributed by atoms with van der Waals surface area (Å²) >= 11 is 0. The molecule has 1 atom stereocenters. The van der Waals surface area contributed by atoms with Crippen molar-refractivity contribution in [1.29, 1.82) is 0 Å². The molecule has 1 aliphatic carbocycles. The zero-order valence-corrected chi connectivity index (χ0v) is 11.7. The number of benzene rings is 1. The van der Waals surface area contributed by atoms with E-state index in [0.29, 0.717) is 11.7 Å². The minimum atomic E-state index is 0.511. The van der Waals surface area contributed by atoms with Gasteiger partial charge in [-0.25, -0.2) is 0 Å². The van der Waals surface area contributed by atoms with E-state index >= 15 is 0 Å². The van der Waals surface area contributed by atoms with Gasteiger partial charge in [-0.15, -0.1) is 0 Å². The van der Waals surface area contributed by atoms with E-state index in [1.54, 1.807) is 21.3 Å². The average Bonchev–Trinajstić information content (AvgIpc) is 2.58. The summed E-state index contributed by atoms with van der Waals surface area (Å²) in [6.07, 6.45) is 4.80. The Morgan fingerprint density at radius 2 is 1.72 bits per heavy atom. The molecule has 0 spiro atoms. The lowest BCUT2D eigenvalue weighted by Gasteiger charge is -2.21. The highest BCUT2D eigenvalue weighted by molar-refractivity contribution is 5.60. The molecule has 0 heterocycles. The van der Waals surface area contributed by atoms with Gasteiger partial charge in [0.05, 0.1) is 21.3 Å². The largest absolute Gasteiger partial charge is 0.493 e. The van der Waals surface area contributed by atoms with E-state index in [1.807, 2.05) is 0 Å². The summed E-state index contributed by atoms with van der Waals surface area (Å²) in [7, 11) is 5.03. The summed E-state index contributed by atoms with van der Waals surface area (Å²) in [5.41, 5.74) is 2.64. The van der Waals surface area contributed by atoms with Crippen LogP contribution in [0.15, 0.2) is 6.07 Å². The van der Waals surface area contributed by atoms with Gasteiger partial charge in [-0.3, -0.25) is 0 Å². The molecule has 0 amide bonds. The molecule has 0 aliphatic heterocycles. The fourth-order valence-electron chi connectivity index (χ4n) is 2.89. The number of rotatable bonds is 3. The first-order valence-corrected chi connectivity index (χ1v) is 6.54. The predicted octanol–water partition coefficient (Wildman–Crippen LogP) is 3.54. The van der Waals surface area contributed by atoms with Crippen LogP contribution in [0.3, 0.4) is 0 Å². The quantitative estimate of drug-likeness (QED) is 0.768. The molecule has 1 aromatic carbocycles. The molecule has 2 rings (SSSR count). The summed E-state index contributed by atoms with van der Waals surface area (Å²) in [4.78, 5) is 0. The third-order valence-corrected chi connectivity index (χ3v) is 3.78. The number of methoxy groups -OCH3 is 3. The van der Waals surface area contributed by atoms with E-state index in [0.717, 1.165) is 17.9 Å². The molecule has 0 bridgehead atoms. The Bertz CT molecular complexity index is 426. The zero-order chi connectivity index (χ0) is 13.1. The number of ether oxygens (including phenoxy) is 3. The zero-order valence-electron chi connectivity index (χ0n) is 11.7. The lowest BCUT2D eigenvalue weighted by molar-refractivity contribution is 0.320. The van der Waals surface area contributed by atoms with E-state index in [4.69, 9.17) is 14.2 Å². The van der Waals surface area contributed by atoms with Crippen LogP contribution < -0.4 is 14.2 Å². The van der Waals surface area contributed by atoms with Crippen LogP contribution in [-0.4, -0.2) is 21.3 Å². The molecule has 1 aromatic rings. The highest BCUT2D eigenvalue weighted by atomic mass is 16.5. The van der Waals surface area contributed by atoms with E-state index in [-0.39, 0.29) is 0 Å². The molecule has 100 valence electrons. The first-order chi connectivity index (χ1) is 8.72. The van der Waals surface area contributed by atoms with Crippen LogP contribution in [0.5, 0.6) is 17.2 Å². The molecule has 0 radical (unpaired) electrons. The Balaban J connectivity index is 2.64. The van der Waals surface area contributed by atoms with Gasteiger partial charge in [0.2, 0.25) is 5.75 Å². The van der Waals surface area contributed by atoms with Gasteiger partial charge in [-0.1, -0.05) is 13.3 Å². The third kappa shape index (κ3) is 2.14. The van der Waals surface area contributed by atoms with Gasteiger partial charge >= 0.3 is 0 Å². The molecule has 0 saturated heterocycles. The van der Waals surface area contributed by atoms with Crippen molar-refractivity contribution in [3.63, 3.8) is 0 Å². The molecular weight excluding hydrogens is 228 g/mol. The summed E-state index contributed by atoms with van der Waals surface area (Å²) in [5.74, 6) is 2.84. The van der Waals surface area contributed by atoms with Gasteiger partial charge in [-0.2, -0.15) is 0 Å². The predicted molar refractivity (Wildman–Crippen MR) is 72.1 cm³/mol. The van der Waals surface area contributed by atoms with Crippen LogP contribution >= 0.6 is 0 Å². The maximum absolute atomic E-state index is 5.60. The molecule has 0 fully saturated rings. The van der Waals surface area contributed by atoms with Crippen LogP contribution in [-0.2, 0) is 6.42 Å². The van der Waals surface area contributed by atoms with E-state index in [9.17, 15) is 0 Å². The van der Waals surface area contributed by atoms with Crippen LogP contribution in [0.1, 0.15) is 43.2 Å². The van der Waals surface area contributed by atoms with Gasteiger partial charge in [0.1, 0.15) is 0 Å². The number of hydrogen-bond acceptors (Lipinski definition) is 3. The summed E-state index contributed by atoms with van der Waals surface area (Å²) in [6, 6.07) is 2.11. The molecule has 0 N–H and O–H groups in total. The van der Waals surface area contributed by atoms with Crippen LogP contribution in [0.4, 0.5) is 0 Å². The van der Waals surface area contributed by atoms with Gasteiger partial charge in [0.15, 0.2) is 11.5 Å². The normalized spacial score (nSPS) is 18.8. The molecule has 0 saturated carbocycles. The summed E-state index contributed by atoms with van der Waals surface area (Å²) < 4.78 is 16.5. The molecule has 0 aromatic heterocycles. The number of fused-ring (bicyclic) bond motifs is 1. The first-order valence-electron chi connectivity index (χ1n) is 6.54. The SMILES string of the molecule is COc1cc2c(c(OC)c1OC)C(C)CCCC2. The van der Waals surface area contributed by atoms with Crippen LogP contribution in [0.25, 0.3) is 0 Å². The molecule has 18 heavy (non-hydrogen) atoms. The number of aryl methyl sites for hydroxylation is 1. The van der Waals surface area contributed by atoms with Gasteiger partial charge < -0.3 is 14.2 Å². The van der Waals surface area contributed by atoms with Crippen molar-refractivity contribution in [2.24, 2.45) is 0 Å². The lowest BCUT2D eigenvalue weighted by atomic mass is 9.92. The second-order valence-electron chi connectivity index (χ2n) is 4.86. The van der Waals surface area contributed by atoms with Crippen molar-refractivity contribution in [2.75, 3.05) is 21.3 Å². The fraction of sp³-hybridized carbons (Fsp3) is 0.600. The molecule has 1 aliphatic rings. The van der Waals surface area contributed by atoms with Crippen molar-refractivity contribution in [3.8, 4) is 17.2 Å². The van der Waals surface area contributed by atoms with Crippen molar-refractivity contribution in [3.05, 3.63) is 17.2 Å². The van der Waals surface area contributed by atoms with Gasteiger partial charge in [-0.05, 0) is 36.8 Å². The Hall–Kier alpha value is -1.38. The minimum absolute atomic E-state index is 0.511. The Morgan fingerprint density at radius 3 is 2.33 bits per heavy atom. The maximum Gasteiger partial charge on any atom is 0.203 e. The Morgan fingerprint density at radius 1 is 1.00 bits per heavy atom. The van der Waals surface area contributed by atoms with E-state index in [2.05, 4.69) is 13.0 Å². The summed E-state index contributed by atoms with van der Waals surface area (Å²) in [6.45, 7) is 2.26. The van der Waals surface area contributed by atoms with Crippen molar-refractivity contribution < 1.29 is 14.2 Å². The van der Waals surface area contributed by atoms with E-state index in [1.165, 1.54) is 30.4 Å². The first kappa shape index (κ1) is 13.1. The fourth-order valence-corrected chi connectivity index (χ4v) is 2.89. The van der Waals surface area contributed by atoms with Gasteiger partial charge in [0, 0.05) is 5.56 Å². The third-order valence-electron chi connectivity index (χ3n) is 3.78. The second-order valence-corrected chi connectivity index (χ2v) is 4.86. The van der Waals surface area contributed by atoms with Crippen molar-refractivity contribution in [1.82, 2.24) is 0 Å². The molecular formula is C15H22O3. The molecule has 1 unspecified atom stereocenters. The smallest absolute Gasteiger partial charge is 0.203 e. The topological polar surface area (TPSA) is 27.7 Å². The summed E-state index contributed by atoms with van der Waals surface area (Å²) in [5, 5.41) is 0. The van der Waals surface area contributed by atoms with Gasteiger partial charge in [0.25, 0.3) is 0 Å². The Kier molecular flexibility index (Phi) is 4.00. The van der Waals surface area contributed by atoms with E-state index < -0.39 is 0 Å². The minimum Gasteiger partial charge on any atom is -0.493 e. The second kappa shape index (κ2) is 5.51. The Labute approximate surface area is 109 Å².